The molecular weight excluding hydrogens is 604 g/mol. The van der Waals surface area contributed by atoms with Crippen LogP contribution < -0.4 is 41.3 Å². The molecule has 2 atom stereocenters. The van der Waals surface area contributed by atoms with Gasteiger partial charge in [0.1, 0.15) is 11.5 Å². The number of benzene rings is 6. The highest BCUT2D eigenvalue weighted by atomic mass is 16.3. The Hall–Kier alpha value is -5.32. The van der Waals surface area contributed by atoms with Crippen LogP contribution in [-0.2, 0) is 0 Å². The topological polar surface area (TPSA) is 152 Å². The summed E-state index contributed by atoms with van der Waals surface area (Å²) in [4.78, 5) is 8.41. The van der Waals surface area contributed by atoms with Crippen LogP contribution in [-0.4, -0.2) is 63.9 Å². The Morgan fingerprint density at radius 3 is 1.65 bits per heavy atom. The molecule has 244 valence electrons. The number of nitrogens with two attached hydrogens (primary N) is 2. The summed E-state index contributed by atoms with van der Waals surface area (Å²) in [5.74, 6) is -2.11. The number of nitrogens with zero attached hydrogens (tertiary/aromatic N) is 4. The van der Waals surface area contributed by atoms with E-state index in [0.29, 0.717) is 57.4 Å². The second kappa shape index (κ2) is 9.62. The van der Waals surface area contributed by atoms with Gasteiger partial charge in [-0.1, -0.05) is 24.3 Å². The molecule has 3 aliphatic rings. The Kier molecular flexibility index (Phi) is 5.78. The molecule has 1 saturated carbocycles. The quantitative estimate of drug-likeness (QED) is 0.162. The van der Waals surface area contributed by atoms with E-state index in [0.717, 1.165) is 44.3 Å². The van der Waals surface area contributed by atoms with Gasteiger partial charge >= 0.3 is 0 Å². The average molecular weight is 641 g/mol. The van der Waals surface area contributed by atoms with Crippen LogP contribution in [0.15, 0.2) is 60.7 Å². The summed E-state index contributed by atoms with van der Waals surface area (Å²) >= 11 is 0. The lowest BCUT2D eigenvalue weighted by molar-refractivity contribution is -0.535. The molecule has 1 fully saturated rings. The lowest BCUT2D eigenvalue weighted by atomic mass is 9.60. The number of hydrogen-bond acceptors (Lipinski definition) is 10. The van der Waals surface area contributed by atoms with Crippen molar-refractivity contribution in [1.29, 1.82) is 0 Å². The van der Waals surface area contributed by atoms with E-state index >= 15 is 0 Å². The monoisotopic (exact) mass is 640 g/mol. The van der Waals surface area contributed by atoms with Crippen molar-refractivity contribution in [3.8, 4) is 11.5 Å². The van der Waals surface area contributed by atoms with E-state index in [1.165, 1.54) is 0 Å². The van der Waals surface area contributed by atoms with Gasteiger partial charge in [0.25, 0.3) is 0 Å². The molecule has 0 spiro atoms. The smallest absolute Gasteiger partial charge is 0.123 e. The zero-order valence-electron chi connectivity index (χ0n) is 27.2. The molecule has 0 amide bonds. The molecule has 6 aromatic carbocycles. The Balaban J connectivity index is 1.35. The predicted molar refractivity (Wildman–Crippen MR) is 191 cm³/mol. The number of phenolic OH excluding ortho intramolecular Hbond substituents is 2. The minimum Gasteiger partial charge on any atom is -0.851 e. The summed E-state index contributed by atoms with van der Waals surface area (Å²) in [6.45, 7) is 1.23. The third-order valence-electron chi connectivity index (χ3n) is 11.1. The number of rotatable bonds is 2. The molecule has 0 aromatic heterocycles. The van der Waals surface area contributed by atoms with E-state index in [-0.39, 0.29) is 11.5 Å². The molecule has 2 aliphatic heterocycles. The van der Waals surface area contributed by atoms with Gasteiger partial charge in [-0.15, -0.1) is 12.2 Å². The number of fused-ring (bicyclic) bond motifs is 4. The fraction of sp³-hybridized carbons (Fsp3) is 0.263. The highest BCUT2D eigenvalue weighted by molar-refractivity contribution is 6.25. The van der Waals surface area contributed by atoms with Crippen molar-refractivity contribution < 1.29 is 20.4 Å². The van der Waals surface area contributed by atoms with E-state index in [9.17, 15) is 20.4 Å². The Bertz CT molecular complexity index is 2220. The summed E-state index contributed by atoms with van der Waals surface area (Å²) in [6, 6.07) is 18.3. The first-order chi connectivity index (χ1) is 23.0. The van der Waals surface area contributed by atoms with Gasteiger partial charge in [0.05, 0.1) is 24.7 Å². The number of phenols is 2. The molecule has 2 unspecified atom stereocenters. The summed E-state index contributed by atoms with van der Waals surface area (Å²) in [6.07, 6.45) is -2.83. The van der Waals surface area contributed by atoms with Crippen molar-refractivity contribution in [2.24, 2.45) is 0 Å². The lowest BCUT2D eigenvalue weighted by Crippen LogP contribution is -2.63. The standard InChI is InChI=1S/C38H36N6O4/c1-41-15-43(3)35-17-7-5-9-19(39)25(17)31(27-20(40)11-12-21(41)28(27)35)33-37(47)34(38(33)48)32-26-18(8-6-10-23(26)45)36-29-22(42(2)16-44(36)4)13-14-24(46)30(29)32/h5-14,33-34,37-38,45-46H,15-16,39-40H2,1-4H3/q-2. The first-order valence-electron chi connectivity index (χ1n) is 16.2. The lowest BCUT2D eigenvalue weighted by Gasteiger charge is -2.62. The molecule has 10 heteroatoms. The Labute approximate surface area is 277 Å². The average Bonchev–Trinajstić information content (AvgIpc) is 3.04. The van der Waals surface area contributed by atoms with Gasteiger partial charge in [0, 0.05) is 94.0 Å². The summed E-state index contributed by atoms with van der Waals surface area (Å²) in [5, 5.41) is 58.3. The van der Waals surface area contributed by atoms with Gasteiger partial charge in [-0.3, -0.25) is 0 Å². The zero-order chi connectivity index (χ0) is 33.5. The molecule has 0 radical (unpaired) electrons. The molecule has 0 bridgehead atoms. The first-order valence-corrected chi connectivity index (χ1v) is 16.2. The van der Waals surface area contributed by atoms with Crippen molar-refractivity contribution in [2.45, 2.75) is 24.0 Å². The molecule has 48 heavy (non-hydrogen) atoms. The number of nitrogen functional groups attached to an aromatic ring is 2. The Morgan fingerprint density at radius 2 is 1.02 bits per heavy atom. The van der Waals surface area contributed by atoms with Crippen LogP contribution in [0.1, 0.15) is 23.0 Å². The number of hydrogen-bond donors (Lipinski definition) is 4. The summed E-state index contributed by atoms with van der Waals surface area (Å²) < 4.78 is 0. The van der Waals surface area contributed by atoms with Crippen molar-refractivity contribution in [2.75, 3.05) is 72.6 Å². The highest BCUT2D eigenvalue weighted by Gasteiger charge is 2.44. The van der Waals surface area contributed by atoms with E-state index in [1.807, 2.05) is 64.6 Å². The molecule has 0 saturated heterocycles. The van der Waals surface area contributed by atoms with Crippen LogP contribution in [0, 0.1) is 0 Å². The van der Waals surface area contributed by atoms with Crippen molar-refractivity contribution in [3.05, 3.63) is 71.8 Å². The van der Waals surface area contributed by atoms with Crippen LogP contribution in [0.5, 0.6) is 11.5 Å². The van der Waals surface area contributed by atoms with Crippen LogP contribution in [0.3, 0.4) is 0 Å². The second-order valence-corrected chi connectivity index (χ2v) is 13.8. The van der Waals surface area contributed by atoms with E-state index in [4.69, 9.17) is 11.5 Å². The SMILES string of the molecule is CN1CN(C)c2c3cccc(N)c3c(C3C([O-])C(c4c5c(O)cccc5c5c6c(ccc(O)c46)N(C)CN5C)C3[O-])c3c(N)ccc1c23. The van der Waals surface area contributed by atoms with Crippen molar-refractivity contribution >= 4 is 77.2 Å². The van der Waals surface area contributed by atoms with Gasteiger partial charge in [-0.25, -0.2) is 0 Å². The van der Waals surface area contributed by atoms with Gasteiger partial charge in [0.15, 0.2) is 0 Å². The van der Waals surface area contributed by atoms with Crippen molar-refractivity contribution in [1.82, 2.24) is 0 Å². The van der Waals surface area contributed by atoms with E-state index < -0.39 is 24.0 Å². The molecule has 6 N–H and O–H groups in total. The predicted octanol–water partition coefficient (Wildman–Crippen LogP) is 3.90. The maximum absolute atomic E-state index is 15.0. The summed E-state index contributed by atoms with van der Waals surface area (Å²) in [5.41, 5.74) is 19.1. The second-order valence-electron chi connectivity index (χ2n) is 13.8. The van der Waals surface area contributed by atoms with E-state index in [2.05, 4.69) is 19.6 Å². The minimum atomic E-state index is -1.41. The number of anilines is 6. The largest absolute Gasteiger partial charge is 0.851 e. The van der Waals surface area contributed by atoms with Gasteiger partial charge in [-0.05, 0) is 59.4 Å². The zero-order valence-corrected chi connectivity index (χ0v) is 27.2. The van der Waals surface area contributed by atoms with E-state index in [1.54, 1.807) is 24.3 Å². The van der Waals surface area contributed by atoms with Crippen molar-refractivity contribution in [3.63, 3.8) is 0 Å². The minimum absolute atomic E-state index is 0.0340. The molecule has 1 aliphatic carbocycles. The van der Waals surface area contributed by atoms with Gasteiger partial charge in [0.2, 0.25) is 0 Å². The fourth-order valence-electron chi connectivity index (χ4n) is 9.20. The summed E-state index contributed by atoms with van der Waals surface area (Å²) in [7, 11) is 7.95. The van der Waals surface area contributed by atoms with Gasteiger partial charge < -0.3 is 51.5 Å². The number of aromatic hydroxyl groups is 2. The van der Waals surface area contributed by atoms with Crippen LogP contribution in [0.25, 0.3) is 43.1 Å². The normalized spacial score (nSPS) is 22.0. The maximum atomic E-state index is 15.0. The van der Waals surface area contributed by atoms with Crippen LogP contribution in [0.2, 0.25) is 0 Å². The third-order valence-corrected chi connectivity index (χ3v) is 11.1. The van der Waals surface area contributed by atoms with Crippen LogP contribution >= 0.6 is 0 Å². The molecule has 6 aromatic rings. The molecule has 10 nitrogen and oxygen atoms in total. The highest BCUT2D eigenvalue weighted by Crippen LogP contribution is 2.59. The van der Waals surface area contributed by atoms with Crippen LogP contribution in [0.4, 0.5) is 34.1 Å². The van der Waals surface area contributed by atoms with Gasteiger partial charge in [-0.2, -0.15) is 0 Å². The Morgan fingerprint density at radius 1 is 0.542 bits per heavy atom. The first kappa shape index (κ1) is 28.9. The molecule has 2 heterocycles. The molecule has 9 rings (SSSR count). The third kappa shape index (κ3) is 3.43. The maximum Gasteiger partial charge on any atom is 0.123 e. The fourth-order valence-corrected chi connectivity index (χ4v) is 9.20. The molecular formula is C38H36N6O4-2.